The average Bonchev–Trinajstić information content (AvgIpc) is 2.24. The van der Waals surface area contributed by atoms with E-state index in [9.17, 15) is 0 Å². The number of nitrogens with zero attached hydrogens (tertiary/aromatic N) is 2. The van der Waals surface area contributed by atoms with Gasteiger partial charge in [-0.25, -0.2) is 0 Å². The lowest BCUT2D eigenvalue weighted by Crippen LogP contribution is -1.89. The van der Waals surface area contributed by atoms with Crippen LogP contribution in [0.1, 0.15) is 0 Å². The van der Waals surface area contributed by atoms with Crippen molar-refractivity contribution < 1.29 is 4.74 Å². The molecule has 2 aromatic rings. The topological polar surface area (TPSA) is 35.0 Å². The van der Waals surface area contributed by atoms with E-state index in [-0.39, 0.29) is 5.15 Å². The van der Waals surface area contributed by atoms with Gasteiger partial charge in [0, 0.05) is 6.07 Å². The summed E-state index contributed by atoms with van der Waals surface area (Å²) in [5.41, 5.74) is 0. The van der Waals surface area contributed by atoms with Gasteiger partial charge >= 0.3 is 0 Å². The standard InChI is InChI=1S/C10H5Cl3N2O/c11-7-2-1-6(3-8(7)12)16-10-5-14-4-9(13)15-10/h1-5H. The lowest BCUT2D eigenvalue weighted by molar-refractivity contribution is 0.460. The molecule has 0 saturated heterocycles. The molecule has 82 valence electrons. The van der Waals surface area contributed by atoms with Crippen molar-refractivity contribution >= 4 is 34.8 Å². The molecule has 0 bridgehead atoms. The van der Waals surface area contributed by atoms with Gasteiger partial charge in [-0.3, -0.25) is 4.98 Å². The minimum atomic E-state index is 0.262. The molecule has 16 heavy (non-hydrogen) atoms. The molecular weight excluding hydrogens is 270 g/mol. The Hall–Kier alpha value is -1.03. The highest BCUT2D eigenvalue weighted by Gasteiger charge is 2.03. The number of ether oxygens (including phenoxy) is 1. The Balaban J connectivity index is 2.24. The molecule has 0 aliphatic heterocycles. The van der Waals surface area contributed by atoms with Gasteiger partial charge in [-0.05, 0) is 12.1 Å². The summed E-state index contributed by atoms with van der Waals surface area (Å²) in [5, 5.41) is 1.14. The third-order valence-electron chi connectivity index (χ3n) is 1.70. The molecule has 0 fully saturated rings. The Kier molecular flexibility index (Phi) is 3.49. The van der Waals surface area contributed by atoms with Crippen molar-refractivity contribution in [2.45, 2.75) is 0 Å². The van der Waals surface area contributed by atoms with E-state index >= 15 is 0 Å². The van der Waals surface area contributed by atoms with Gasteiger partial charge in [-0.2, -0.15) is 4.98 Å². The smallest absolute Gasteiger partial charge is 0.239 e. The molecule has 0 amide bonds. The molecule has 1 aromatic heterocycles. The summed E-state index contributed by atoms with van der Waals surface area (Å²) in [4.78, 5) is 7.77. The molecule has 0 aliphatic rings. The van der Waals surface area contributed by atoms with Crippen LogP contribution in [0.15, 0.2) is 30.6 Å². The maximum Gasteiger partial charge on any atom is 0.239 e. The van der Waals surface area contributed by atoms with E-state index in [1.807, 2.05) is 0 Å². The first kappa shape index (κ1) is 11.5. The van der Waals surface area contributed by atoms with Gasteiger partial charge in [0.15, 0.2) is 5.15 Å². The van der Waals surface area contributed by atoms with Crippen LogP contribution in [0.25, 0.3) is 0 Å². The Bertz CT molecular complexity index is 519. The fraction of sp³-hybridized carbons (Fsp3) is 0. The monoisotopic (exact) mass is 274 g/mol. The summed E-state index contributed by atoms with van der Waals surface area (Å²) in [6.07, 6.45) is 2.87. The second-order valence-corrected chi connectivity index (χ2v) is 4.06. The van der Waals surface area contributed by atoms with E-state index in [4.69, 9.17) is 39.5 Å². The molecule has 0 N–H and O–H groups in total. The SMILES string of the molecule is Clc1cncc(Oc2ccc(Cl)c(Cl)c2)n1. The fourth-order valence-corrected chi connectivity index (χ4v) is 1.46. The molecule has 0 unspecified atom stereocenters. The predicted molar refractivity (Wildman–Crippen MR) is 63.6 cm³/mol. The van der Waals surface area contributed by atoms with E-state index in [1.165, 1.54) is 12.4 Å². The van der Waals surface area contributed by atoms with Crippen LogP contribution in [-0.4, -0.2) is 9.97 Å². The first-order valence-corrected chi connectivity index (χ1v) is 5.39. The molecule has 0 saturated carbocycles. The fourth-order valence-electron chi connectivity index (χ4n) is 1.04. The molecule has 0 aliphatic carbocycles. The van der Waals surface area contributed by atoms with E-state index in [0.717, 1.165) is 0 Å². The van der Waals surface area contributed by atoms with Crippen LogP contribution < -0.4 is 4.74 Å². The van der Waals surface area contributed by atoms with Crippen molar-refractivity contribution in [3.8, 4) is 11.6 Å². The van der Waals surface area contributed by atoms with Crippen LogP contribution in [0.2, 0.25) is 15.2 Å². The van der Waals surface area contributed by atoms with Crippen molar-refractivity contribution in [2.24, 2.45) is 0 Å². The molecule has 6 heteroatoms. The third kappa shape index (κ3) is 2.76. The van der Waals surface area contributed by atoms with Crippen molar-refractivity contribution in [3.05, 3.63) is 45.8 Å². The molecule has 1 aromatic carbocycles. The minimum Gasteiger partial charge on any atom is -0.437 e. The van der Waals surface area contributed by atoms with Crippen molar-refractivity contribution in [1.29, 1.82) is 0 Å². The highest BCUT2D eigenvalue weighted by Crippen LogP contribution is 2.28. The number of halogens is 3. The molecule has 2 rings (SSSR count). The van der Waals surface area contributed by atoms with Crippen LogP contribution in [-0.2, 0) is 0 Å². The zero-order chi connectivity index (χ0) is 11.5. The summed E-state index contributed by atoms with van der Waals surface area (Å²) in [5.74, 6) is 0.817. The maximum absolute atomic E-state index is 5.84. The number of aromatic nitrogens is 2. The largest absolute Gasteiger partial charge is 0.437 e. The van der Waals surface area contributed by atoms with E-state index < -0.39 is 0 Å². The molecule has 1 heterocycles. The summed E-state index contributed by atoms with van der Waals surface area (Å²) >= 11 is 17.3. The number of hydrogen-bond acceptors (Lipinski definition) is 3. The quantitative estimate of drug-likeness (QED) is 0.822. The van der Waals surface area contributed by atoms with E-state index in [1.54, 1.807) is 18.2 Å². The number of hydrogen-bond donors (Lipinski definition) is 0. The maximum atomic E-state index is 5.84. The average molecular weight is 276 g/mol. The van der Waals surface area contributed by atoms with Gasteiger partial charge in [-0.1, -0.05) is 34.8 Å². The highest BCUT2D eigenvalue weighted by atomic mass is 35.5. The Morgan fingerprint density at radius 1 is 1.00 bits per heavy atom. The van der Waals surface area contributed by atoms with Gasteiger partial charge in [0.25, 0.3) is 0 Å². The lowest BCUT2D eigenvalue weighted by atomic mass is 10.3. The van der Waals surface area contributed by atoms with Crippen molar-refractivity contribution in [2.75, 3.05) is 0 Å². The van der Waals surface area contributed by atoms with Crippen LogP contribution in [0.3, 0.4) is 0 Å². The minimum absolute atomic E-state index is 0.262. The Labute approximate surface area is 107 Å². The first-order chi connectivity index (χ1) is 7.65. The van der Waals surface area contributed by atoms with Crippen molar-refractivity contribution in [3.63, 3.8) is 0 Å². The van der Waals surface area contributed by atoms with Crippen molar-refractivity contribution in [1.82, 2.24) is 9.97 Å². The summed E-state index contributed by atoms with van der Waals surface area (Å²) in [6.45, 7) is 0. The summed E-state index contributed by atoms with van der Waals surface area (Å²) in [6, 6.07) is 4.90. The predicted octanol–water partition coefficient (Wildman–Crippen LogP) is 4.23. The van der Waals surface area contributed by atoms with Gasteiger partial charge in [0.1, 0.15) is 5.75 Å². The van der Waals surface area contributed by atoms with Crippen LogP contribution in [0.4, 0.5) is 0 Å². The van der Waals surface area contributed by atoms with Crippen LogP contribution >= 0.6 is 34.8 Å². The Morgan fingerprint density at radius 3 is 2.50 bits per heavy atom. The van der Waals surface area contributed by atoms with Gasteiger partial charge in [-0.15, -0.1) is 0 Å². The van der Waals surface area contributed by atoms with Crippen LogP contribution in [0.5, 0.6) is 11.6 Å². The normalized spacial score (nSPS) is 10.2. The molecule has 3 nitrogen and oxygen atoms in total. The van der Waals surface area contributed by atoms with E-state index in [0.29, 0.717) is 21.7 Å². The number of rotatable bonds is 2. The second-order valence-electron chi connectivity index (χ2n) is 2.86. The zero-order valence-electron chi connectivity index (χ0n) is 7.82. The second kappa shape index (κ2) is 4.87. The van der Waals surface area contributed by atoms with E-state index in [2.05, 4.69) is 9.97 Å². The summed E-state index contributed by atoms with van der Waals surface area (Å²) < 4.78 is 5.39. The van der Waals surface area contributed by atoms with Gasteiger partial charge < -0.3 is 4.74 Å². The number of benzene rings is 1. The molecule has 0 spiro atoms. The van der Waals surface area contributed by atoms with Crippen LogP contribution in [0, 0.1) is 0 Å². The molecule has 0 radical (unpaired) electrons. The Morgan fingerprint density at radius 2 is 1.81 bits per heavy atom. The first-order valence-electron chi connectivity index (χ1n) is 4.25. The third-order valence-corrected chi connectivity index (χ3v) is 2.62. The van der Waals surface area contributed by atoms with Gasteiger partial charge in [0.2, 0.25) is 5.88 Å². The zero-order valence-corrected chi connectivity index (χ0v) is 10.1. The molecular formula is C10H5Cl3N2O. The molecule has 0 atom stereocenters. The summed E-state index contributed by atoms with van der Waals surface area (Å²) in [7, 11) is 0. The lowest BCUT2D eigenvalue weighted by Gasteiger charge is -2.05. The van der Waals surface area contributed by atoms with Gasteiger partial charge in [0.05, 0.1) is 22.4 Å². The highest BCUT2D eigenvalue weighted by molar-refractivity contribution is 6.42.